The van der Waals surface area contributed by atoms with Gasteiger partial charge >= 0.3 is 0 Å². The second-order valence-electron chi connectivity index (χ2n) is 6.21. The molecule has 0 bridgehead atoms. The van der Waals surface area contributed by atoms with Crippen molar-refractivity contribution >= 4 is 27.5 Å². The number of rotatable bonds is 8. The van der Waals surface area contributed by atoms with E-state index in [4.69, 9.17) is 14.2 Å². The summed E-state index contributed by atoms with van der Waals surface area (Å²) in [5.41, 5.74) is 1.75. The molecule has 3 aromatic rings. The maximum absolute atomic E-state index is 12.7. The van der Waals surface area contributed by atoms with Gasteiger partial charge in [0.25, 0.3) is 5.91 Å². The third-order valence-electron chi connectivity index (χ3n) is 4.33. The number of benzene rings is 2. The monoisotopic (exact) mass is 412 g/mol. The number of aromatic nitrogens is 1. The molecule has 1 aromatic heterocycles. The fraction of sp³-hybridized carbons (Fsp3) is 0.273. The van der Waals surface area contributed by atoms with Crippen LogP contribution in [0.2, 0.25) is 0 Å². The first-order valence-electron chi connectivity index (χ1n) is 9.25. The van der Waals surface area contributed by atoms with Gasteiger partial charge in [0, 0.05) is 18.2 Å². The van der Waals surface area contributed by atoms with Crippen LogP contribution in [-0.2, 0) is 17.8 Å². The summed E-state index contributed by atoms with van der Waals surface area (Å²) in [5, 5.41) is 0. The average molecular weight is 413 g/mol. The van der Waals surface area contributed by atoms with Crippen molar-refractivity contribution in [3.05, 3.63) is 59.4 Å². The molecule has 0 atom stereocenters. The van der Waals surface area contributed by atoms with Gasteiger partial charge in [0.2, 0.25) is 0 Å². The highest BCUT2D eigenvalue weighted by Gasteiger charge is 2.12. The maximum atomic E-state index is 12.7. The van der Waals surface area contributed by atoms with E-state index in [9.17, 15) is 4.79 Å². The Morgan fingerprint density at radius 1 is 1.17 bits per heavy atom. The van der Waals surface area contributed by atoms with Crippen molar-refractivity contribution in [2.45, 2.75) is 19.9 Å². The van der Waals surface area contributed by atoms with E-state index in [0.29, 0.717) is 29.5 Å². The SMILES string of the molecule is C=CCn1c(=NC(=O)Cc2ccc(OC)cc2OC)sc2cc(OCC)ccc21. The highest BCUT2D eigenvalue weighted by molar-refractivity contribution is 7.16. The summed E-state index contributed by atoms with van der Waals surface area (Å²) in [4.78, 5) is 17.7. The minimum Gasteiger partial charge on any atom is -0.497 e. The van der Waals surface area contributed by atoms with Crippen LogP contribution in [-0.4, -0.2) is 31.3 Å². The van der Waals surface area contributed by atoms with Crippen LogP contribution in [0.1, 0.15) is 12.5 Å². The molecule has 0 spiro atoms. The van der Waals surface area contributed by atoms with E-state index in [-0.39, 0.29) is 12.3 Å². The zero-order valence-corrected chi connectivity index (χ0v) is 17.6. The van der Waals surface area contributed by atoms with E-state index < -0.39 is 0 Å². The van der Waals surface area contributed by atoms with E-state index in [1.54, 1.807) is 32.4 Å². The molecule has 0 aliphatic heterocycles. The second kappa shape index (κ2) is 9.43. The number of methoxy groups -OCH3 is 2. The normalized spacial score (nSPS) is 11.5. The molecular weight excluding hydrogens is 388 g/mol. The van der Waals surface area contributed by atoms with Gasteiger partial charge in [-0.05, 0) is 31.2 Å². The largest absolute Gasteiger partial charge is 0.497 e. The standard InChI is InChI=1S/C22H24N2O4S/c1-5-11-24-18-10-9-17(28-6-2)14-20(18)29-22(24)23-21(25)12-15-7-8-16(26-3)13-19(15)27-4/h5,7-10,13-14H,1,6,11-12H2,2-4H3. The van der Waals surface area contributed by atoms with Crippen LogP contribution in [0.3, 0.4) is 0 Å². The van der Waals surface area contributed by atoms with Gasteiger partial charge in [0.15, 0.2) is 4.80 Å². The number of hydrogen-bond acceptors (Lipinski definition) is 5. The van der Waals surface area contributed by atoms with E-state index in [1.807, 2.05) is 35.8 Å². The van der Waals surface area contributed by atoms with Gasteiger partial charge in [-0.25, -0.2) is 0 Å². The number of carbonyl (C=O) groups is 1. The van der Waals surface area contributed by atoms with Gasteiger partial charge in [0.1, 0.15) is 17.2 Å². The molecule has 29 heavy (non-hydrogen) atoms. The number of thiazole rings is 1. The molecule has 0 saturated heterocycles. The van der Waals surface area contributed by atoms with Gasteiger partial charge in [-0.1, -0.05) is 23.5 Å². The minimum atomic E-state index is -0.247. The third kappa shape index (κ3) is 4.68. The second-order valence-corrected chi connectivity index (χ2v) is 7.22. The Kier molecular flexibility index (Phi) is 6.72. The Balaban J connectivity index is 1.97. The van der Waals surface area contributed by atoms with Crippen molar-refractivity contribution < 1.29 is 19.0 Å². The Labute approximate surface area is 173 Å². The first-order chi connectivity index (χ1) is 14.1. The van der Waals surface area contributed by atoms with Crippen molar-refractivity contribution in [3.63, 3.8) is 0 Å². The molecule has 152 valence electrons. The number of nitrogens with zero attached hydrogens (tertiary/aromatic N) is 2. The molecule has 0 aliphatic rings. The lowest BCUT2D eigenvalue weighted by molar-refractivity contribution is -0.117. The summed E-state index contributed by atoms with van der Waals surface area (Å²) in [6.07, 6.45) is 1.93. The van der Waals surface area contributed by atoms with Gasteiger partial charge in [-0.2, -0.15) is 4.99 Å². The Morgan fingerprint density at radius 3 is 2.66 bits per heavy atom. The summed E-state index contributed by atoms with van der Waals surface area (Å²) in [5.74, 6) is 1.83. The first-order valence-corrected chi connectivity index (χ1v) is 10.1. The Hall–Kier alpha value is -3.06. The van der Waals surface area contributed by atoms with Crippen molar-refractivity contribution in [2.75, 3.05) is 20.8 Å². The van der Waals surface area contributed by atoms with Gasteiger partial charge in [0.05, 0.1) is 37.5 Å². The number of allylic oxidation sites excluding steroid dienone is 1. The fourth-order valence-corrected chi connectivity index (χ4v) is 4.09. The molecule has 0 unspecified atom stereocenters. The van der Waals surface area contributed by atoms with Crippen molar-refractivity contribution in [1.29, 1.82) is 0 Å². The first kappa shape index (κ1) is 20.7. The van der Waals surface area contributed by atoms with E-state index in [1.165, 1.54) is 11.3 Å². The lowest BCUT2D eigenvalue weighted by Crippen LogP contribution is -2.17. The van der Waals surface area contributed by atoms with E-state index in [0.717, 1.165) is 21.5 Å². The van der Waals surface area contributed by atoms with Gasteiger partial charge in [-0.3, -0.25) is 4.79 Å². The Bertz CT molecular complexity index is 1100. The molecule has 2 aromatic carbocycles. The third-order valence-corrected chi connectivity index (χ3v) is 5.37. The predicted molar refractivity (Wildman–Crippen MR) is 115 cm³/mol. The lowest BCUT2D eigenvalue weighted by Gasteiger charge is -2.08. The van der Waals surface area contributed by atoms with E-state index >= 15 is 0 Å². The van der Waals surface area contributed by atoms with Gasteiger partial charge in [-0.15, -0.1) is 6.58 Å². The van der Waals surface area contributed by atoms with Crippen LogP contribution in [0.15, 0.2) is 54.0 Å². The molecule has 1 heterocycles. The van der Waals surface area contributed by atoms with Crippen LogP contribution in [0, 0.1) is 0 Å². The molecule has 0 saturated carbocycles. The highest BCUT2D eigenvalue weighted by atomic mass is 32.1. The Morgan fingerprint density at radius 2 is 1.97 bits per heavy atom. The van der Waals surface area contributed by atoms with Crippen LogP contribution in [0.25, 0.3) is 10.2 Å². The van der Waals surface area contributed by atoms with Crippen molar-refractivity contribution in [2.24, 2.45) is 4.99 Å². The van der Waals surface area contributed by atoms with Crippen molar-refractivity contribution in [3.8, 4) is 17.2 Å². The van der Waals surface area contributed by atoms with Crippen LogP contribution in [0.4, 0.5) is 0 Å². The minimum absolute atomic E-state index is 0.139. The lowest BCUT2D eigenvalue weighted by atomic mass is 10.1. The molecule has 3 rings (SSSR count). The number of ether oxygens (including phenoxy) is 3. The number of fused-ring (bicyclic) bond motifs is 1. The predicted octanol–water partition coefficient (Wildman–Crippen LogP) is 3.97. The van der Waals surface area contributed by atoms with Crippen molar-refractivity contribution in [1.82, 2.24) is 4.57 Å². The smallest absolute Gasteiger partial charge is 0.252 e. The molecule has 6 nitrogen and oxygen atoms in total. The maximum Gasteiger partial charge on any atom is 0.252 e. The molecular formula is C22H24N2O4S. The topological polar surface area (TPSA) is 62.1 Å². The molecule has 0 N–H and O–H groups in total. The number of amides is 1. The summed E-state index contributed by atoms with van der Waals surface area (Å²) < 4.78 is 19.2. The average Bonchev–Trinajstić information content (AvgIpc) is 3.05. The van der Waals surface area contributed by atoms with Crippen LogP contribution >= 0.6 is 11.3 Å². The zero-order valence-electron chi connectivity index (χ0n) is 16.8. The van der Waals surface area contributed by atoms with Crippen LogP contribution < -0.4 is 19.0 Å². The summed E-state index contributed by atoms with van der Waals surface area (Å²) in [7, 11) is 3.16. The summed E-state index contributed by atoms with van der Waals surface area (Å²) in [6.45, 7) is 6.93. The summed E-state index contributed by atoms with van der Waals surface area (Å²) in [6, 6.07) is 11.3. The molecule has 0 radical (unpaired) electrons. The quantitative estimate of drug-likeness (QED) is 0.525. The zero-order chi connectivity index (χ0) is 20.8. The van der Waals surface area contributed by atoms with E-state index in [2.05, 4.69) is 11.6 Å². The van der Waals surface area contributed by atoms with Gasteiger partial charge < -0.3 is 18.8 Å². The fourth-order valence-electron chi connectivity index (χ4n) is 3.01. The highest BCUT2D eigenvalue weighted by Crippen LogP contribution is 2.26. The molecule has 1 amide bonds. The molecule has 0 fully saturated rings. The number of carbonyl (C=O) groups excluding carboxylic acids is 1. The van der Waals surface area contributed by atoms with Crippen LogP contribution in [0.5, 0.6) is 17.2 Å². The molecule has 7 heteroatoms. The molecule has 0 aliphatic carbocycles. The number of hydrogen-bond donors (Lipinski definition) is 0. The summed E-state index contributed by atoms with van der Waals surface area (Å²) >= 11 is 1.46.